The maximum atomic E-state index is 12.4. The Balaban J connectivity index is 2.17. The van der Waals surface area contributed by atoms with Gasteiger partial charge in [0.25, 0.3) is 5.91 Å². The van der Waals surface area contributed by atoms with Crippen LogP contribution in [0.3, 0.4) is 0 Å². The summed E-state index contributed by atoms with van der Waals surface area (Å²) < 4.78 is 15.0. The van der Waals surface area contributed by atoms with Gasteiger partial charge in [0.05, 0.1) is 26.9 Å². The van der Waals surface area contributed by atoms with Crippen LogP contribution in [-0.2, 0) is 11.3 Å². The van der Waals surface area contributed by atoms with Crippen LogP contribution in [0.2, 0.25) is 5.02 Å². The maximum Gasteiger partial charge on any atom is 0.341 e. The van der Waals surface area contributed by atoms with E-state index in [4.69, 9.17) is 25.8 Å². The summed E-state index contributed by atoms with van der Waals surface area (Å²) in [6.45, 7) is 0.211. The molecule has 2 aromatic carbocycles. The van der Waals surface area contributed by atoms with Crippen LogP contribution in [0.15, 0.2) is 36.4 Å². The predicted octanol–water partition coefficient (Wildman–Crippen LogP) is 3.07. The number of halogens is 1. The summed E-state index contributed by atoms with van der Waals surface area (Å²) in [5.74, 6) is -0.0263. The molecule has 0 aliphatic rings. The van der Waals surface area contributed by atoms with Crippen LogP contribution in [0.25, 0.3) is 0 Å². The topological polar surface area (TPSA) is 73.9 Å². The number of esters is 1. The van der Waals surface area contributed by atoms with Gasteiger partial charge < -0.3 is 19.5 Å². The summed E-state index contributed by atoms with van der Waals surface area (Å²) >= 11 is 5.94. The highest BCUT2D eigenvalue weighted by molar-refractivity contribution is 6.31. The van der Waals surface area contributed by atoms with Crippen molar-refractivity contribution >= 4 is 23.5 Å². The second-order valence-electron chi connectivity index (χ2n) is 5.05. The van der Waals surface area contributed by atoms with E-state index in [0.717, 1.165) is 5.56 Å². The van der Waals surface area contributed by atoms with E-state index >= 15 is 0 Å². The largest absolute Gasteiger partial charge is 0.496 e. The molecule has 0 saturated heterocycles. The first-order chi connectivity index (χ1) is 12.0. The number of hydrogen-bond acceptors (Lipinski definition) is 5. The first-order valence-electron chi connectivity index (χ1n) is 7.37. The molecule has 0 aromatic heterocycles. The molecular formula is C18H18ClNO5. The lowest BCUT2D eigenvalue weighted by Gasteiger charge is -2.12. The minimum Gasteiger partial charge on any atom is -0.496 e. The Morgan fingerprint density at radius 3 is 2.24 bits per heavy atom. The summed E-state index contributed by atoms with van der Waals surface area (Å²) in [5.41, 5.74) is 1.34. The Kier molecular flexibility index (Phi) is 6.25. The Labute approximate surface area is 150 Å². The number of rotatable bonds is 6. The van der Waals surface area contributed by atoms with Crippen LogP contribution in [-0.4, -0.2) is 33.2 Å². The van der Waals surface area contributed by atoms with Crippen LogP contribution in [0.4, 0.5) is 0 Å². The molecule has 0 spiro atoms. The molecule has 0 aliphatic heterocycles. The quantitative estimate of drug-likeness (QED) is 0.798. The number of benzene rings is 2. The number of amides is 1. The van der Waals surface area contributed by atoms with Gasteiger partial charge in [-0.05, 0) is 35.9 Å². The number of ether oxygens (including phenoxy) is 3. The predicted molar refractivity (Wildman–Crippen MR) is 93.5 cm³/mol. The highest BCUT2D eigenvalue weighted by Gasteiger charge is 2.15. The molecule has 0 aliphatic carbocycles. The molecule has 0 bridgehead atoms. The minimum atomic E-state index is -0.512. The van der Waals surface area contributed by atoms with Crippen molar-refractivity contribution in [2.75, 3.05) is 21.3 Å². The molecule has 2 rings (SSSR count). The van der Waals surface area contributed by atoms with E-state index in [0.29, 0.717) is 22.1 Å². The zero-order chi connectivity index (χ0) is 18.4. The van der Waals surface area contributed by atoms with E-state index in [1.807, 2.05) is 0 Å². The van der Waals surface area contributed by atoms with Gasteiger partial charge >= 0.3 is 5.97 Å². The molecule has 0 fully saturated rings. The van der Waals surface area contributed by atoms with Gasteiger partial charge in [-0.3, -0.25) is 4.79 Å². The average molecular weight is 364 g/mol. The SMILES string of the molecule is COC(=O)c1cc(CNC(=O)c2cc(Cl)ccc2OC)ccc1OC. The summed E-state index contributed by atoms with van der Waals surface area (Å²) in [5, 5.41) is 3.20. The molecule has 0 saturated carbocycles. The standard InChI is InChI=1S/C18H18ClNO5/c1-23-15-7-5-12(19)9-13(15)17(21)20-10-11-4-6-16(24-2)14(8-11)18(22)25-3/h4-9H,10H2,1-3H3,(H,20,21). The average Bonchev–Trinajstić information content (AvgIpc) is 2.65. The first-order valence-corrected chi connectivity index (χ1v) is 7.75. The van der Waals surface area contributed by atoms with Gasteiger partial charge in [-0.25, -0.2) is 4.79 Å². The van der Waals surface area contributed by atoms with Crippen LogP contribution in [0.5, 0.6) is 11.5 Å². The normalized spacial score (nSPS) is 10.1. The molecule has 25 heavy (non-hydrogen) atoms. The molecule has 0 heterocycles. The lowest BCUT2D eigenvalue weighted by Crippen LogP contribution is -2.23. The van der Waals surface area contributed by atoms with E-state index < -0.39 is 5.97 Å². The van der Waals surface area contributed by atoms with E-state index in [9.17, 15) is 9.59 Å². The Bertz CT molecular complexity index is 791. The molecule has 6 nitrogen and oxygen atoms in total. The van der Waals surface area contributed by atoms with Gasteiger partial charge in [0.15, 0.2) is 0 Å². The molecule has 7 heteroatoms. The van der Waals surface area contributed by atoms with Gasteiger partial charge in [0.2, 0.25) is 0 Å². The zero-order valence-electron chi connectivity index (χ0n) is 14.1. The third-order valence-electron chi connectivity index (χ3n) is 3.53. The van der Waals surface area contributed by atoms with Crippen LogP contribution >= 0.6 is 11.6 Å². The number of nitrogens with one attached hydrogen (secondary N) is 1. The summed E-state index contributed by atoms with van der Waals surface area (Å²) in [6, 6.07) is 9.81. The molecule has 1 amide bonds. The van der Waals surface area contributed by atoms with E-state index in [1.54, 1.807) is 30.3 Å². The van der Waals surface area contributed by atoms with E-state index in [1.165, 1.54) is 27.4 Å². The van der Waals surface area contributed by atoms with Gasteiger partial charge in [-0.1, -0.05) is 17.7 Å². The lowest BCUT2D eigenvalue weighted by molar-refractivity contribution is 0.0597. The van der Waals surface area contributed by atoms with Crippen molar-refractivity contribution in [1.82, 2.24) is 5.32 Å². The molecule has 0 atom stereocenters. The van der Waals surface area contributed by atoms with Gasteiger partial charge in [0, 0.05) is 11.6 Å². The van der Waals surface area contributed by atoms with Crippen molar-refractivity contribution in [3.63, 3.8) is 0 Å². The lowest BCUT2D eigenvalue weighted by atomic mass is 10.1. The Morgan fingerprint density at radius 2 is 1.60 bits per heavy atom. The molecule has 0 radical (unpaired) electrons. The molecule has 1 N–H and O–H groups in total. The third kappa shape index (κ3) is 4.42. The number of hydrogen-bond donors (Lipinski definition) is 1. The van der Waals surface area contributed by atoms with E-state index in [2.05, 4.69) is 5.32 Å². The fraction of sp³-hybridized carbons (Fsp3) is 0.222. The maximum absolute atomic E-state index is 12.4. The number of carbonyl (C=O) groups is 2. The minimum absolute atomic E-state index is 0.211. The second kappa shape index (κ2) is 8.39. The molecule has 2 aromatic rings. The fourth-order valence-electron chi connectivity index (χ4n) is 2.27. The van der Waals surface area contributed by atoms with Gasteiger partial charge in [0.1, 0.15) is 17.1 Å². The summed E-state index contributed by atoms with van der Waals surface area (Å²) in [4.78, 5) is 24.2. The smallest absolute Gasteiger partial charge is 0.341 e. The second-order valence-corrected chi connectivity index (χ2v) is 5.49. The van der Waals surface area contributed by atoms with Crippen molar-refractivity contribution in [3.05, 3.63) is 58.1 Å². The highest BCUT2D eigenvalue weighted by Crippen LogP contribution is 2.23. The number of carbonyl (C=O) groups excluding carboxylic acids is 2. The van der Waals surface area contributed by atoms with Gasteiger partial charge in [-0.15, -0.1) is 0 Å². The molecule has 132 valence electrons. The third-order valence-corrected chi connectivity index (χ3v) is 3.76. The molecule has 0 unspecified atom stereocenters. The van der Waals surface area contributed by atoms with Crippen molar-refractivity contribution in [3.8, 4) is 11.5 Å². The highest BCUT2D eigenvalue weighted by atomic mass is 35.5. The summed E-state index contributed by atoms with van der Waals surface area (Å²) in [7, 11) is 4.24. The van der Waals surface area contributed by atoms with Crippen molar-refractivity contribution in [2.45, 2.75) is 6.54 Å². The van der Waals surface area contributed by atoms with Crippen LogP contribution < -0.4 is 14.8 Å². The van der Waals surface area contributed by atoms with Crippen molar-refractivity contribution < 1.29 is 23.8 Å². The summed E-state index contributed by atoms with van der Waals surface area (Å²) in [6.07, 6.45) is 0. The zero-order valence-corrected chi connectivity index (χ0v) is 14.8. The molecular weight excluding hydrogens is 346 g/mol. The van der Waals surface area contributed by atoms with Crippen molar-refractivity contribution in [2.24, 2.45) is 0 Å². The number of methoxy groups -OCH3 is 3. The van der Waals surface area contributed by atoms with Crippen LogP contribution in [0, 0.1) is 0 Å². The van der Waals surface area contributed by atoms with Crippen molar-refractivity contribution in [1.29, 1.82) is 0 Å². The fourth-order valence-corrected chi connectivity index (χ4v) is 2.44. The van der Waals surface area contributed by atoms with Gasteiger partial charge in [-0.2, -0.15) is 0 Å². The monoisotopic (exact) mass is 363 g/mol. The Hall–Kier alpha value is -2.73. The first kappa shape index (κ1) is 18.6. The Morgan fingerprint density at radius 1 is 0.960 bits per heavy atom. The van der Waals surface area contributed by atoms with E-state index in [-0.39, 0.29) is 18.0 Å². The van der Waals surface area contributed by atoms with Crippen LogP contribution in [0.1, 0.15) is 26.3 Å².